The van der Waals surface area contributed by atoms with Gasteiger partial charge in [-0.3, -0.25) is 0 Å². The topological polar surface area (TPSA) is 111 Å². The van der Waals surface area contributed by atoms with Crippen molar-refractivity contribution < 1.29 is 20.1 Å². The van der Waals surface area contributed by atoms with Gasteiger partial charge in [-0.2, -0.15) is 0 Å². The fourth-order valence-electron chi connectivity index (χ4n) is 4.37. The van der Waals surface area contributed by atoms with Gasteiger partial charge in [0, 0.05) is 42.7 Å². The molecule has 5 rings (SSSR count). The second-order valence-corrected chi connectivity index (χ2v) is 9.54. The van der Waals surface area contributed by atoms with Crippen molar-refractivity contribution in [3.63, 3.8) is 0 Å². The number of aromatic hydroxyl groups is 2. The van der Waals surface area contributed by atoms with Gasteiger partial charge >= 0.3 is 0 Å². The second-order valence-electron chi connectivity index (χ2n) is 8.68. The average molecular weight is 493 g/mol. The van der Waals surface area contributed by atoms with E-state index in [1.54, 1.807) is 23.7 Å². The molecule has 0 amide bonds. The van der Waals surface area contributed by atoms with Crippen LogP contribution in [0.5, 0.6) is 17.2 Å². The highest BCUT2D eigenvalue weighted by molar-refractivity contribution is 7.17. The number of aromatic nitrogens is 2. The highest BCUT2D eigenvalue weighted by Gasteiger charge is 2.24. The summed E-state index contributed by atoms with van der Waals surface area (Å²) in [6, 6.07) is 14.9. The number of thiophene rings is 1. The predicted octanol–water partition coefficient (Wildman–Crippen LogP) is 3.77. The molecule has 4 N–H and O–H groups in total. The lowest BCUT2D eigenvalue weighted by atomic mass is 10.0. The molecular weight excluding hydrogens is 464 g/mol. The predicted molar refractivity (Wildman–Crippen MR) is 137 cm³/mol. The number of aliphatic hydroxyl groups excluding tert-OH is 1. The van der Waals surface area contributed by atoms with Crippen LogP contribution in [-0.4, -0.2) is 63.7 Å². The van der Waals surface area contributed by atoms with E-state index in [9.17, 15) is 15.3 Å². The van der Waals surface area contributed by atoms with E-state index < -0.39 is 6.10 Å². The van der Waals surface area contributed by atoms with Crippen LogP contribution in [0.2, 0.25) is 0 Å². The lowest BCUT2D eigenvalue weighted by Gasteiger charge is -2.34. The van der Waals surface area contributed by atoms with Gasteiger partial charge < -0.3 is 30.3 Å². The highest BCUT2D eigenvalue weighted by Crippen LogP contribution is 2.38. The molecule has 8 nitrogen and oxygen atoms in total. The maximum absolute atomic E-state index is 10.3. The first-order valence-corrected chi connectivity index (χ1v) is 12.5. The van der Waals surface area contributed by atoms with Crippen molar-refractivity contribution >= 4 is 27.4 Å². The van der Waals surface area contributed by atoms with Crippen LogP contribution >= 0.6 is 11.3 Å². The summed E-state index contributed by atoms with van der Waals surface area (Å²) >= 11 is 1.65. The molecule has 1 saturated heterocycles. The van der Waals surface area contributed by atoms with Crippen LogP contribution < -0.4 is 15.0 Å². The first-order chi connectivity index (χ1) is 17.1. The van der Waals surface area contributed by atoms with Gasteiger partial charge in [0.1, 0.15) is 35.4 Å². The minimum atomic E-state index is -0.690. The van der Waals surface area contributed by atoms with E-state index in [1.165, 1.54) is 23.3 Å². The molecule has 2 aromatic heterocycles. The summed E-state index contributed by atoms with van der Waals surface area (Å²) in [5.41, 5.74) is 2.34. The fourth-order valence-corrected chi connectivity index (χ4v) is 5.28. The zero-order valence-electron chi connectivity index (χ0n) is 19.2. The van der Waals surface area contributed by atoms with Gasteiger partial charge in [0.25, 0.3) is 0 Å². The lowest BCUT2D eigenvalue weighted by molar-refractivity contribution is 0.102. The van der Waals surface area contributed by atoms with Crippen molar-refractivity contribution in [1.82, 2.24) is 15.3 Å². The van der Waals surface area contributed by atoms with Gasteiger partial charge in [-0.1, -0.05) is 30.3 Å². The molecule has 0 radical (unpaired) electrons. The summed E-state index contributed by atoms with van der Waals surface area (Å²) in [5, 5.41) is 35.9. The van der Waals surface area contributed by atoms with Gasteiger partial charge in [0.15, 0.2) is 11.5 Å². The number of phenols is 2. The molecule has 9 heteroatoms. The number of nitrogens with one attached hydrogen (secondary N) is 1. The molecule has 1 aliphatic heterocycles. The van der Waals surface area contributed by atoms with Crippen molar-refractivity contribution in [1.29, 1.82) is 0 Å². The quantitative estimate of drug-likeness (QED) is 0.275. The number of fused-ring (bicyclic) bond motifs is 1. The van der Waals surface area contributed by atoms with Gasteiger partial charge in [-0.05, 0) is 30.5 Å². The monoisotopic (exact) mass is 492 g/mol. The third-order valence-corrected chi connectivity index (χ3v) is 7.15. The first kappa shape index (κ1) is 23.3. The number of hydrogen-bond donors (Lipinski definition) is 4. The van der Waals surface area contributed by atoms with Gasteiger partial charge in [-0.25, -0.2) is 9.97 Å². The lowest BCUT2D eigenvalue weighted by Crippen LogP contribution is -2.45. The van der Waals surface area contributed by atoms with Crippen LogP contribution in [0.15, 0.2) is 60.2 Å². The third-order valence-electron chi connectivity index (χ3n) is 6.26. The minimum absolute atomic E-state index is 0.0927. The molecule has 1 aliphatic rings. The van der Waals surface area contributed by atoms with Crippen molar-refractivity contribution in [3.05, 3.63) is 60.2 Å². The van der Waals surface area contributed by atoms with E-state index in [4.69, 9.17) is 4.74 Å². The number of ether oxygens (including phenoxy) is 1. The van der Waals surface area contributed by atoms with Crippen molar-refractivity contribution in [3.8, 4) is 28.4 Å². The van der Waals surface area contributed by atoms with Crippen LogP contribution in [0, 0.1) is 0 Å². The third kappa shape index (κ3) is 5.32. The number of hydrogen-bond acceptors (Lipinski definition) is 9. The number of nitrogens with zero attached hydrogens (tertiary/aromatic N) is 3. The maximum atomic E-state index is 10.3. The molecule has 35 heavy (non-hydrogen) atoms. The van der Waals surface area contributed by atoms with E-state index in [0.29, 0.717) is 18.3 Å². The molecule has 0 bridgehead atoms. The van der Waals surface area contributed by atoms with Crippen molar-refractivity contribution in [2.24, 2.45) is 0 Å². The molecular formula is C26H28N4O4S. The Morgan fingerprint density at radius 2 is 1.86 bits per heavy atom. The van der Waals surface area contributed by atoms with Gasteiger partial charge in [-0.15, -0.1) is 11.3 Å². The summed E-state index contributed by atoms with van der Waals surface area (Å²) < 4.78 is 5.52. The Hall–Kier alpha value is -3.40. The summed E-state index contributed by atoms with van der Waals surface area (Å²) in [7, 11) is 0. The van der Waals surface area contributed by atoms with Crippen molar-refractivity contribution in [2.75, 3.05) is 31.1 Å². The number of benzene rings is 2. The number of rotatable bonds is 8. The van der Waals surface area contributed by atoms with Gasteiger partial charge in [0.05, 0.1) is 5.39 Å². The Balaban J connectivity index is 1.16. The molecule has 1 atom stereocenters. The molecule has 3 heterocycles. The van der Waals surface area contributed by atoms with E-state index in [0.717, 1.165) is 42.0 Å². The summed E-state index contributed by atoms with van der Waals surface area (Å²) in [6.45, 7) is 2.24. The van der Waals surface area contributed by atoms with Crippen LogP contribution in [0.4, 0.5) is 5.82 Å². The van der Waals surface area contributed by atoms with E-state index >= 15 is 0 Å². The molecule has 1 unspecified atom stereocenters. The number of aliphatic hydroxyl groups is 1. The fraction of sp³-hybridized carbons (Fsp3) is 0.308. The SMILES string of the molecule is Oc1ccc(OCC(O)CNC2CCN(c3ncnc4scc(-c5ccccc5)c34)CC2)cc1O. The van der Waals surface area contributed by atoms with Gasteiger partial charge in [0.2, 0.25) is 0 Å². The van der Waals surface area contributed by atoms with Crippen LogP contribution in [0.3, 0.4) is 0 Å². The normalized spacial score (nSPS) is 15.4. The summed E-state index contributed by atoms with van der Waals surface area (Å²) in [4.78, 5) is 12.5. The van der Waals surface area contributed by atoms with Crippen LogP contribution in [-0.2, 0) is 0 Å². The Bertz CT molecular complexity index is 1280. The molecule has 2 aromatic carbocycles. The standard InChI is InChI=1S/C26H28N4O4S/c31-19(14-34-20-6-7-22(32)23(33)12-20)13-27-18-8-10-30(11-9-18)25-24-21(17-4-2-1-3-5-17)15-35-26(24)29-16-28-25/h1-7,12,15-16,18-19,27,31-33H,8-11,13-14H2. The molecule has 0 aliphatic carbocycles. The van der Waals surface area contributed by atoms with Crippen LogP contribution in [0.25, 0.3) is 21.3 Å². The average Bonchev–Trinajstić information content (AvgIpc) is 3.33. The number of piperidine rings is 1. The van der Waals surface area contributed by atoms with Crippen LogP contribution in [0.1, 0.15) is 12.8 Å². The largest absolute Gasteiger partial charge is 0.504 e. The first-order valence-electron chi connectivity index (χ1n) is 11.7. The molecule has 1 fully saturated rings. The Morgan fingerprint density at radius 1 is 1.06 bits per heavy atom. The van der Waals surface area contributed by atoms with Crippen molar-refractivity contribution in [2.45, 2.75) is 25.0 Å². The Morgan fingerprint density at radius 3 is 2.63 bits per heavy atom. The Kier molecular flexibility index (Phi) is 6.98. The highest BCUT2D eigenvalue weighted by atomic mass is 32.1. The summed E-state index contributed by atoms with van der Waals surface area (Å²) in [6.07, 6.45) is 2.84. The molecule has 4 aromatic rings. The molecule has 0 saturated carbocycles. The smallest absolute Gasteiger partial charge is 0.161 e. The Labute approximate surface area is 207 Å². The van der Waals surface area contributed by atoms with E-state index in [-0.39, 0.29) is 18.1 Å². The maximum Gasteiger partial charge on any atom is 0.161 e. The summed E-state index contributed by atoms with van der Waals surface area (Å²) in [5.74, 6) is 0.927. The molecule has 0 spiro atoms. The molecule has 182 valence electrons. The number of anilines is 1. The van der Waals surface area contributed by atoms with E-state index in [1.807, 2.05) is 18.2 Å². The minimum Gasteiger partial charge on any atom is -0.504 e. The number of phenolic OH excluding ortho intramolecular Hbond substituents is 2. The van der Waals surface area contributed by atoms with E-state index in [2.05, 4.69) is 37.7 Å². The zero-order valence-corrected chi connectivity index (χ0v) is 20.0. The zero-order chi connectivity index (χ0) is 24.2. The second kappa shape index (κ2) is 10.5.